The number of benzene rings is 1. The highest BCUT2D eigenvalue weighted by Gasteiger charge is 2.15. The number of esters is 1. The predicted octanol–water partition coefficient (Wildman–Crippen LogP) is 2.83. The van der Waals surface area contributed by atoms with Crippen molar-refractivity contribution in [1.29, 1.82) is 0 Å². The Kier molecular flexibility index (Phi) is 4.57. The summed E-state index contributed by atoms with van der Waals surface area (Å²) in [6, 6.07) is 6.38. The average Bonchev–Trinajstić information content (AvgIpc) is 2.42. The molecule has 0 aliphatic rings. The van der Waals surface area contributed by atoms with E-state index in [0.29, 0.717) is 10.7 Å². The first-order valence-corrected chi connectivity index (χ1v) is 6.92. The molecular formula is C13H10BrClN2O3. The topological polar surface area (TPSA) is 61.2 Å². The molecule has 0 atom stereocenters. The minimum Gasteiger partial charge on any atom is -0.461 e. The Morgan fingerprint density at radius 1 is 1.45 bits per heavy atom. The Labute approximate surface area is 128 Å². The third-order valence-electron chi connectivity index (χ3n) is 2.43. The highest BCUT2D eigenvalue weighted by atomic mass is 79.9. The van der Waals surface area contributed by atoms with E-state index >= 15 is 0 Å². The zero-order valence-electron chi connectivity index (χ0n) is 10.5. The third-order valence-corrected chi connectivity index (χ3v) is 3.34. The van der Waals surface area contributed by atoms with Gasteiger partial charge in [-0.1, -0.05) is 11.6 Å². The van der Waals surface area contributed by atoms with Crippen LogP contribution < -0.4 is 5.43 Å². The maximum Gasteiger partial charge on any atom is 0.362 e. The number of aromatic nitrogens is 2. The number of halogens is 2. The van der Waals surface area contributed by atoms with Crippen LogP contribution in [0.3, 0.4) is 0 Å². The fourth-order valence-electron chi connectivity index (χ4n) is 1.54. The largest absolute Gasteiger partial charge is 0.461 e. The number of hydrogen-bond acceptors (Lipinski definition) is 4. The van der Waals surface area contributed by atoms with Crippen molar-refractivity contribution in [3.05, 3.63) is 55.9 Å². The van der Waals surface area contributed by atoms with Gasteiger partial charge in [-0.2, -0.15) is 5.10 Å². The van der Waals surface area contributed by atoms with E-state index in [4.69, 9.17) is 16.3 Å². The first kappa shape index (κ1) is 14.7. The molecule has 1 heterocycles. The fraction of sp³-hybridized carbons (Fsp3) is 0.154. The van der Waals surface area contributed by atoms with Gasteiger partial charge in [0.1, 0.15) is 0 Å². The highest BCUT2D eigenvalue weighted by molar-refractivity contribution is 9.10. The molecule has 104 valence electrons. The average molecular weight is 358 g/mol. The summed E-state index contributed by atoms with van der Waals surface area (Å²) in [5.74, 6) is -0.745. The number of carbonyl (C=O) groups is 1. The Morgan fingerprint density at radius 2 is 2.20 bits per heavy atom. The van der Waals surface area contributed by atoms with Gasteiger partial charge in [0.15, 0.2) is 0 Å². The van der Waals surface area contributed by atoms with E-state index in [1.165, 1.54) is 16.9 Å². The molecule has 0 saturated carbocycles. The van der Waals surface area contributed by atoms with E-state index in [2.05, 4.69) is 21.0 Å². The van der Waals surface area contributed by atoms with Crippen molar-refractivity contribution in [2.45, 2.75) is 6.92 Å². The molecule has 1 aromatic heterocycles. The molecule has 1 aromatic carbocycles. The molecule has 0 saturated heterocycles. The van der Waals surface area contributed by atoms with Crippen LogP contribution in [0.1, 0.15) is 17.4 Å². The lowest BCUT2D eigenvalue weighted by molar-refractivity contribution is 0.0515. The van der Waals surface area contributed by atoms with Crippen LogP contribution in [0.25, 0.3) is 5.69 Å². The second kappa shape index (κ2) is 6.19. The van der Waals surface area contributed by atoms with Crippen LogP contribution in [0.15, 0.2) is 39.7 Å². The summed E-state index contributed by atoms with van der Waals surface area (Å²) in [5, 5.41) is 4.52. The second-order valence-electron chi connectivity index (χ2n) is 3.79. The number of hydrogen-bond donors (Lipinski definition) is 0. The van der Waals surface area contributed by atoms with Gasteiger partial charge in [-0.3, -0.25) is 4.79 Å². The molecular weight excluding hydrogens is 348 g/mol. The summed E-state index contributed by atoms with van der Waals surface area (Å²) >= 11 is 9.30. The first-order valence-electron chi connectivity index (χ1n) is 5.75. The second-order valence-corrected chi connectivity index (χ2v) is 5.08. The van der Waals surface area contributed by atoms with Gasteiger partial charge in [-0.05, 0) is 41.1 Å². The fourth-order valence-corrected chi connectivity index (χ4v) is 2.14. The van der Waals surface area contributed by atoms with Gasteiger partial charge in [0.25, 0.3) is 0 Å². The molecule has 0 fully saturated rings. The molecule has 7 heteroatoms. The lowest BCUT2D eigenvalue weighted by Crippen LogP contribution is -2.22. The minimum absolute atomic E-state index is 0.176. The van der Waals surface area contributed by atoms with Crippen LogP contribution in [0.2, 0.25) is 5.02 Å². The predicted molar refractivity (Wildman–Crippen MR) is 78.5 cm³/mol. The minimum atomic E-state index is -0.745. The van der Waals surface area contributed by atoms with Crippen LogP contribution in [-0.4, -0.2) is 22.4 Å². The summed E-state index contributed by atoms with van der Waals surface area (Å²) in [4.78, 5) is 23.3. The van der Waals surface area contributed by atoms with Gasteiger partial charge in [0.2, 0.25) is 11.1 Å². The summed E-state index contributed by atoms with van der Waals surface area (Å²) in [6.45, 7) is 1.84. The van der Waals surface area contributed by atoms with Crippen molar-refractivity contribution >= 4 is 33.5 Å². The molecule has 20 heavy (non-hydrogen) atoms. The van der Waals surface area contributed by atoms with E-state index in [-0.39, 0.29) is 12.3 Å². The van der Waals surface area contributed by atoms with Crippen molar-refractivity contribution in [2.75, 3.05) is 6.61 Å². The number of ether oxygens (including phenoxy) is 1. The quantitative estimate of drug-likeness (QED) is 0.793. The Bertz CT molecular complexity index is 715. The first-order chi connectivity index (χ1) is 9.52. The van der Waals surface area contributed by atoms with Crippen molar-refractivity contribution in [3.8, 4) is 5.69 Å². The molecule has 0 spiro atoms. The van der Waals surface area contributed by atoms with Gasteiger partial charge >= 0.3 is 5.97 Å². The summed E-state index contributed by atoms with van der Waals surface area (Å²) in [6.07, 6.45) is 1.46. The maximum atomic E-state index is 11.7. The van der Waals surface area contributed by atoms with Crippen LogP contribution >= 0.6 is 27.5 Å². The van der Waals surface area contributed by atoms with Crippen LogP contribution in [-0.2, 0) is 4.74 Å². The normalized spacial score (nSPS) is 10.3. The molecule has 5 nitrogen and oxygen atoms in total. The maximum absolute atomic E-state index is 11.7. The van der Waals surface area contributed by atoms with Crippen LogP contribution in [0.5, 0.6) is 0 Å². The van der Waals surface area contributed by atoms with Gasteiger partial charge in [0.05, 0.1) is 12.3 Å². The van der Waals surface area contributed by atoms with E-state index < -0.39 is 11.4 Å². The standard InChI is InChI=1S/C13H10BrClN2O3/c1-2-20-13(19)12-11(18)5-6-17(16-12)10-7-8(15)3-4-9(10)14/h3-7H,2H2,1H3. The number of carbonyl (C=O) groups excluding carboxylic acids is 1. The summed E-state index contributed by atoms with van der Waals surface area (Å²) < 4.78 is 6.92. The summed E-state index contributed by atoms with van der Waals surface area (Å²) in [5.41, 5.74) is -0.137. The Balaban J connectivity index is 2.54. The van der Waals surface area contributed by atoms with Crippen molar-refractivity contribution in [2.24, 2.45) is 0 Å². The highest BCUT2D eigenvalue weighted by Crippen LogP contribution is 2.23. The van der Waals surface area contributed by atoms with Gasteiger partial charge in [0, 0.05) is 21.8 Å². The Hall–Kier alpha value is -1.66. The van der Waals surface area contributed by atoms with Gasteiger partial charge < -0.3 is 4.74 Å². The molecule has 2 rings (SSSR count). The lowest BCUT2D eigenvalue weighted by Gasteiger charge is -2.09. The summed E-state index contributed by atoms with van der Waals surface area (Å²) in [7, 11) is 0. The van der Waals surface area contributed by atoms with Gasteiger partial charge in [-0.15, -0.1) is 0 Å². The van der Waals surface area contributed by atoms with Gasteiger partial charge in [-0.25, -0.2) is 9.48 Å². The van der Waals surface area contributed by atoms with Crippen LogP contribution in [0, 0.1) is 0 Å². The van der Waals surface area contributed by atoms with Crippen LogP contribution in [0.4, 0.5) is 0 Å². The van der Waals surface area contributed by atoms with Crippen molar-refractivity contribution in [1.82, 2.24) is 9.78 Å². The van der Waals surface area contributed by atoms with E-state index in [0.717, 1.165) is 4.47 Å². The monoisotopic (exact) mass is 356 g/mol. The SMILES string of the molecule is CCOC(=O)c1nn(-c2cc(Cl)ccc2Br)ccc1=O. The smallest absolute Gasteiger partial charge is 0.362 e. The number of rotatable bonds is 3. The Morgan fingerprint density at radius 3 is 2.90 bits per heavy atom. The molecule has 0 N–H and O–H groups in total. The molecule has 0 radical (unpaired) electrons. The van der Waals surface area contributed by atoms with E-state index in [9.17, 15) is 9.59 Å². The molecule has 2 aromatic rings. The molecule has 0 aliphatic heterocycles. The van der Waals surface area contributed by atoms with E-state index in [1.54, 1.807) is 25.1 Å². The zero-order chi connectivity index (χ0) is 14.7. The molecule has 0 bridgehead atoms. The molecule has 0 unspecified atom stereocenters. The lowest BCUT2D eigenvalue weighted by atomic mass is 10.3. The van der Waals surface area contributed by atoms with Crippen molar-refractivity contribution in [3.63, 3.8) is 0 Å². The molecule has 0 amide bonds. The zero-order valence-corrected chi connectivity index (χ0v) is 12.8. The van der Waals surface area contributed by atoms with Crippen molar-refractivity contribution < 1.29 is 9.53 Å². The van der Waals surface area contributed by atoms with E-state index in [1.807, 2.05) is 0 Å². The number of nitrogens with zero attached hydrogens (tertiary/aromatic N) is 2. The molecule has 0 aliphatic carbocycles. The third kappa shape index (κ3) is 3.08.